The summed E-state index contributed by atoms with van der Waals surface area (Å²) in [7, 11) is 0. The molecule has 7 nitrogen and oxygen atoms in total. The maximum Gasteiger partial charge on any atom is 0.408 e. The summed E-state index contributed by atoms with van der Waals surface area (Å²) < 4.78 is 5.26. The minimum absolute atomic E-state index is 0.00461. The van der Waals surface area contributed by atoms with Gasteiger partial charge in [-0.1, -0.05) is 41.9 Å². The van der Waals surface area contributed by atoms with Crippen LogP contribution in [0, 0.1) is 11.8 Å². The largest absolute Gasteiger partial charge is 0.444 e. The Morgan fingerprint density at radius 2 is 1.86 bits per heavy atom. The van der Waals surface area contributed by atoms with Gasteiger partial charge in [0.25, 0.3) is 0 Å². The molecule has 28 heavy (non-hydrogen) atoms. The van der Waals surface area contributed by atoms with Crippen LogP contribution in [0.15, 0.2) is 12.2 Å². The average molecular weight is 462 g/mol. The van der Waals surface area contributed by atoms with Gasteiger partial charge in [-0.05, 0) is 52.4 Å². The molecule has 0 spiro atoms. The quantitative estimate of drug-likeness (QED) is 0.253. The van der Waals surface area contributed by atoms with E-state index in [1.165, 1.54) is 0 Å². The number of alkyl halides is 1. The third-order valence-electron chi connectivity index (χ3n) is 4.55. The van der Waals surface area contributed by atoms with Crippen LogP contribution in [0.5, 0.6) is 0 Å². The van der Waals surface area contributed by atoms with Crippen molar-refractivity contribution < 1.29 is 19.4 Å². The number of nitrogens with one attached hydrogen (secondary N) is 3. The molecule has 0 bridgehead atoms. The molecule has 8 heteroatoms. The van der Waals surface area contributed by atoms with Crippen LogP contribution in [0.2, 0.25) is 0 Å². The molecule has 1 rings (SSSR count). The zero-order valence-corrected chi connectivity index (χ0v) is 19.4. The summed E-state index contributed by atoms with van der Waals surface area (Å²) in [5, 5.41) is 20.0. The molecule has 1 aliphatic carbocycles. The van der Waals surface area contributed by atoms with Crippen molar-refractivity contribution in [1.82, 2.24) is 16.0 Å². The highest BCUT2D eigenvalue weighted by molar-refractivity contribution is 9.09. The number of halogens is 1. The molecule has 0 radical (unpaired) electrons. The van der Waals surface area contributed by atoms with Gasteiger partial charge < -0.3 is 20.5 Å². The smallest absolute Gasteiger partial charge is 0.408 e. The van der Waals surface area contributed by atoms with E-state index in [0.717, 1.165) is 18.2 Å². The number of allylic oxidation sites excluding steroid dienone is 1. The van der Waals surface area contributed by atoms with Crippen molar-refractivity contribution in [3.8, 4) is 0 Å². The zero-order chi connectivity index (χ0) is 21.5. The van der Waals surface area contributed by atoms with Crippen molar-refractivity contribution >= 4 is 27.9 Å². The number of hydrogen-bond acceptors (Lipinski definition) is 5. The summed E-state index contributed by atoms with van der Waals surface area (Å²) in [4.78, 5) is 24.5. The number of aliphatic hydroxyl groups excluding tert-OH is 1. The van der Waals surface area contributed by atoms with Crippen LogP contribution >= 0.6 is 15.9 Å². The number of hydrogen-bond donors (Lipinski definition) is 4. The van der Waals surface area contributed by atoms with E-state index in [9.17, 15) is 14.7 Å². The van der Waals surface area contributed by atoms with Gasteiger partial charge >= 0.3 is 6.09 Å². The molecular weight excluding hydrogens is 426 g/mol. The number of alkyl carbamates (subject to hydrolysis) is 1. The highest BCUT2D eigenvalue weighted by Crippen LogP contribution is 2.19. The van der Waals surface area contributed by atoms with E-state index >= 15 is 0 Å². The molecule has 0 fully saturated rings. The summed E-state index contributed by atoms with van der Waals surface area (Å²) in [5.41, 5.74) is -0.626. The Labute approximate surface area is 177 Å². The lowest BCUT2D eigenvalue weighted by Crippen LogP contribution is -2.58. The fourth-order valence-electron chi connectivity index (χ4n) is 2.92. The monoisotopic (exact) mass is 461 g/mol. The predicted molar refractivity (Wildman–Crippen MR) is 114 cm³/mol. The number of ether oxygens (including phenoxy) is 1. The first-order valence-corrected chi connectivity index (χ1v) is 11.0. The van der Waals surface area contributed by atoms with E-state index in [2.05, 4.69) is 38.0 Å². The van der Waals surface area contributed by atoms with Gasteiger partial charge in [0.2, 0.25) is 5.91 Å². The molecule has 0 aromatic carbocycles. The van der Waals surface area contributed by atoms with E-state index < -0.39 is 30.0 Å². The highest BCUT2D eigenvalue weighted by atomic mass is 79.9. The van der Waals surface area contributed by atoms with Crippen molar-refractivity contribution in [3.63, 3.8) is 0 Å². The summed E-state index contributed by atoms with van der Waals surface area (Å²) in [6.45, 7) is 10.8. The topological polar surface area (TPSA) is 99.7 Å². The Bertz CT molecular complexity index is 548. The molecule has 3 unspecified atom stereocenters. The minimum Gasteiger partial charge on any atom is -0.444 e. The Hall–Kier alpha value is -1.12. The SMILES string of the molecule is CC(C)[C@H](NC(=O)OC(C)(C)C)C(O)N[C@@H](C)C(=O)NC1C=CC(CBr)CC1. The normalized spacial score (nSPS) is 23.0. The summed E-state index contributed by atoms with van der Waals surface area (Å²) in [6, 6.07) is -1.21. The second-order valence-electron chi connectivity index (χ2n) is 8.74. The van der Waals surface area contributed by atoms with Crippen molar-refractivity contribution in [3.05, 3.63) is 12.2 Å². The van der Waals surface area contributed by atoms with Crippen LogP contribution in [-0.4, -0.2) is 52.4 Å². The highest BCUT2D eigenvalue weighted by Gasteiger charge is 2.29. The Morgan fingerprint density at radius 3 is 2.32 bits per heavy atom. The van der Waals surface area contributed by atoms with E-state index in [1.54, 1.807) is 27.7 Å². The summed E-state index contributed by atoms with van der Waals surface area (Å²) >= 11 is 3.47. The van der Waals surface area contributed by atoms with Gasteiger partial charge in [-0.3, -0.25) is 10.1 Å². The molecule has 4 N–H and O–H groups in total. The van der Waals surface area contributed by atoms with Crippen molar-refractivity contribution in [2.75, 3.05) is 5.33 Å². The summed E-state index contributed by atoms with van der Waals surface area (Å²) in [6.07, 6.45) is 4.37. The van der Waals surface area contributed by atoms with E-state index in [-0.39, 0.29) is 17.9 Å². The fraction of sp³-hybridized carbons (Fsp3) is 0.800. The number of carbonyl (C=O) groups excluding carboxylic acids is 2. The van der Waals surface area contributed by atoms with Gasteiger partial charge in [0.1, 0.15) is 11.8 Å². The lowest BCUT2D eigenvalue weighted by atomic mass is 9.94. The van der Waals surface area contributed by atoms with Crippen molar-refractivity contribution in [2.24, 2.45) is 11.8 Å². The molecule has 162 valence electrons. The summed E-state index contributed by atoms with van der Waals surface area (Å²) in [5.74, 6) is 0.259. The van der Waals surface area contributed by atoms with E-state index in [4.69, 9.17) is 4.74 Å². The zero-order valence-electron chi connectivity index (χ0n) is 17.8. The van der Waals surface area contributed by atoms with Gasteiger partial charge in [-0.2, -0.15) is 0 Å². The lowest BCUT2D eigenvalue weighted by molar-refractivity contribution is -0.124. The predicted octanol–water partition coefficient (Wildman–Crippen LogP) is 2.68. The molecule has 2 amide bonds. The van der Waals surface area contributed by atoms with Gasteiger partial charge in [0.05, 0.1) is 12.1 Å². The number of rotatable bonds is 8. The molecule has 1 aliphatic rings. The van der Waals surface area contributed by atoms with E-state index in [0.29, 0.717) is 5.92 Å². The third-order valence-corrected chi connectivity index (χ3v) is 5.38. The molecule has 0 saturated carbocycles. The van der Waals surface area contributed by atoms with E-state index in [1.807, 2.05) is 19.9 Å². The maximum absolute atomic E-state index is 12.5. The first kappa shape index (κ1) is 24.9. The standard InChI is InChI=1S/C20H36BrN3O4/c1-12(2)16(24-19(27)28-20(4,5)6)18(26)22-13(3)17(25)23-15-9-7-14(11-21)8-10-15/h7,9,12-16,18,22,26H,8,10-11H2,1-6H3,(H,23,25)(H,24,27)/t13-,14?,15?,16-,18?/m0/s1. The van der Waals surface area contributed by atoms with Gasteiger partial charge in [-0.25, -0.2) is 4.79 Å². The second kappa shape index (κ2) is 11.2. The average Bonchev–Trinajstić information content (AvgIpc) is 2.58. The van der Waals surface area contributed by atoms with Crippen LogP contribution < -0.4 is 16.0 Å². The van der Waals surface area contributed by atoms with Crippen molar-refractivity contribution in [2.45, 2.75) is 84.3 Å². The molecule has 0 aromatic heterocycles. The Balaban J connectivity index is 2.58. The van der Waals surface area contributed by atoms with Crippen LogP contribution in [0.1, 0.15) is 54.4 Å². The van der Waals surface area contributed by atoms with Crippen LogP contribution in [0.4, 0.5) is 4.79 Å². The van der Waals surface area contributed by atoms with Crippen LogP contribution in [-0.2, 0) is 9.53 Å². The van der Waals surface area contributed by atoms with Crippen molar-refractivity contribution in [1.29, 1.82) is 0 Å². The first-order chi connectivity index (χ1) is 12.9. The van der Waals surface area contributed by atoms with Crippen LogP contribution in [0.25, 0.3) is 0 Å². The second-order valence-corrected chi connectivity index (χ2v) is 9.39. The molecule has 0 saturated heterocycles. The minimum atomic E-state index is -1.09. The first-order valence-electron chi connectivity index (χ1n) is 9.91. The maximum atomic E-state index is 12.5. The van der Waals surface area contributed by atoms with Gasteiger partial charge in [0, 0.05) is 11.4 Å². The molecule has 5 atom stereocenters. The van der Waals surface area contributed by atoms with Gasteiger partial charge in [0.15, 0.2) is 0 Å². The van der Waals surface area contributed by atoms with Gasteiger partial charge in [-0.15, -0.1) is 0 Å². The number of carbonyl (C=O) groups is 2. The molecular formula is C20H36BrN3O4. The molecule has 0 heterocycles. The third kappa shape index (κ3) is 8.92. The number of aliphatic hydroxyl groups is 1. The van der Waals surface area contributed by atoms with Crippen LogP contribution in [0.3, 0.4) is 0 Å². The molecule has 0 aromatic rings. The lowest BCUT2D eigenvalue weighted by Gasteiger charge is -2.31. The number of amides is 2. The Morgan fingerprint density at radius 1 is 1.21 bits per heavy atom. The Kier molecular flexibility index (Phi) is 9.94. The fourth-order valence-corrected chi connectivity index (χ4v) is 3.46. The molecule has 0 aliphatic heterocycles.